The second kappa shape index (κ2) is 6.54. The maximum absolute atomic E-state index is 11.3. The number of hydrogen-bond acceptors (Lipinski definition) is 4. The molecular formula is C12H24BNO4. The zero-order valence-electron chi connectivity index (χ0n) is 11.2. The van der Waals surface area contributed by atoms with Gasteiger partial charge in [0.2, 0.25) is 0 Å². The van der Waals surface area contributed by atoms with Crippen LogP contribution in [0.4, 0.5) is 0 Å². The molecule has 0 radical (unpaired) electrons. The highest BCUT2D eigenvalue weighted by molar-refractivity contribution is 6.40. The first-order chi connectivity index (χ1) is 8.41. The highest BCUT2D eigenvalue weighted by Crippen LogP contribution is 2.43. The first-order valence-electron chi connectivity index (χ1n) is 6.74. The van der Waals surface area contributed by atoms with E-state index >= 15 is 0 Å². The summed E-state index contributed by atoms with van der Waals surface area (Å²) in [6, 6.07) is -0.523. The number of nitrogens with one attached hydrogen (secondary N) is 1. The first kappa shape index (κ1) is 15.5. The average molecular weight is 257 g/mol. The first-order valence-corrected chi connectivity index (χ1v) is 6.74. The van der Waals surface area contributed by atoms with Crippen molar-refractivity contribution in [2.24, 2.45) is 11.3 Å². The largest absolute Gasteiger partial charge is 0.480 e. The van der Waals surface area contributed by atoms with Crippen molar-refractivity contribution in [3.8, 4) is 0 Å². The molecule has 1 rings (SSSR count). The van der Waals surface area contributed by atoms with Gasteiger partial charge in [0.25, 0.3) is 0 Å². The van der Waals surface area contributed by atoms with Crippen LogP contribution < -0.4 is 5.32 Å². The van der Waals surface area contributed by atoms with Gasteiger partial charge in [-0.25, -0.2) is 0 Å². The fourth-order valence-electron chi connectivity index (χ4n) is 3.13. The monoisotopic (exact) mass is 257 g/mol. The lowest BCUT2D eigenvalue weighted by Crippen LogP contribution is -2.43. The molecule has 6 heteroatoms. The quantitative estimate of drug-likeness (QED) is 0.504. The Morgan fingerprint density at radius 2 is 2.17 bits per heavy atom. The van der Waals surface area contributed by atoms with Gasteiger partial charge in [-0.2, -0.15) is 0 Å². The van der Waals surface area contributed by atoms with Crippen LogP contribution in [-0.2, 0) is 4.79 Å². The third-order valence-electron chi connectivity index (χ3n) is 4.22. The molecule has 0 saturated carbocycles. The summed E-state index contributed by atoms with van der Waals surface area (Å²) in [5, 5.41) is 30.1. The van der Waals surface area contributed by atoms with Crippen molar-refractivity contribution in [2.45, 2.75) is 51.9 Å². The molecule has 0 aromatic carbocycles. The van der Waals surface area contributed by atoms with E-state index in [2.05, 4.69) is 12.2 Å². The molecule has 1 saturated heterocycles. The Morgan fingerprint density at radius 1 is 1.50 bits per heavy atom. The molecule has 1 heterocycles. The topological polar surface area (TPSA) is 89.8 Å². The molecule has 18 heavy (non-hydrogen) atoms. The fraction of sp³-hybridized carbons (Fsp3) is 0.917. The number of aliphatic carboxylic acids is 1. The van der Waals surface area contributed by atoms with Crippen LogP contribution in [-0.4, -0.2) is 40.8 Å². The Kier molecular flexibility index (Phi) is 5.62. The van der Waals surface area contributed by atoms with Crippen molar-refractivity contribution < 1.29 is 19.9 Å². The highest BCUT2D eigenvalue weighted by Gasteiger charge is 2.48. The summed E-state index contributed by atoms with van der Waals surface area (Å²) in [4.78, 5) is 11.3. The van der Waals surface area contributed by atoms with E-state index < -0.39 is 19.1 Å². The molecule has 1 aliphatic rings. The average Bonchev–Trinajstić information content (AvgIpc) is 2.57. The summed E-state index contributed by atoms with van der Waals surface area (Å²) in [5.41, 5.74) is -0.295. The summed E-state index contributed by atoms with van der Waals surface area (Å²) in [7, 11) is -1.30. The van der Waals surface area contributed by atoms with E-state index in [0.29, 0.717) is 25.1 Å². The highest BCUT2D eigenvalue weighted by atomic mass is 16.4. The molecule has 1 aliphatic heterocycles. The molecule has 4 N–H and O–H groups in total. The summed E-state index contributed by atoms with van der Waals surface area (Å²) < 4.78 is 0. The van der Waals surface area contributed by atoms with Crippen LogP contribution in [0.5, 0.6) is 0 Å². The van der Waals surface area contributed by atoms with Gasteiger partial charge in [0.05, 0.1) is 0 Å². The van der Waals surface area contributed by atoms with Crippen LogP contribution in [0.2, 0.25) is 6.32 Å². The second-order valence-corrected chi connectivity index (χ2v) is 5.54. The van der Waals surface area contributed by atoms with Gasteiger partial charge in [-0.1, -0.05) is 26.7 Å². The van der Waals surface area contributed by atoms with Crippen molar-refractivity contribution in [1.82, 2.24) is 5.32 Å². The molecule has 5 nitrogen and oxygen atoms in total. The molecule has 0 amide bonds. The van der Waals surface area contributed by atoms with Crippen LogP contribution in [0.1, 0.15) is 39.5 Å². The van der Waals surface area contributed by atoms with Crippen LogP contribution in [0.25, 0.3) is 0 Å². The SMILES string of the molecule is CCC[C@H]1CN[C@H](C(=O)O)[C@]1(C)CCCB(O)O. The van der Waals surface area contributed by atoms with Gasteiger partial charge in [0, 0.05) is 0 Å². The second-order valence-electron chi connectivity index (χ2n) is 5.54. The third kappa shape index (κ3) is 3.46. The molecule has 104 valence electrons. The van der Waals surface area contributed by atoms with E-state index in [-0.39, 0.29) is 5.41 Å². The minimum atomic E-state index is -1.30. The predicted molar refractivity (Wildman–Crippen MR) is 70.2 cm³/mol. The normalized spacial score (nSPS) is 31.6. The lowest BCUT2D eigenvalue weighted by Gasteiger charge is -2.34. The number of rotatable bonds is 7. The van der Waals surface area contributed by atoms with E-state index in [4.69, 9.17) is 10.0 Å². The molecule has 3 atom stereocenters. The van der Waals surface area contributed by atoms with Crippen molar-refractivity contribution >= 4 is 13.1 Å². The van der Waals surface area contributed by atoms with Crippen LogP contribution in [0.3, 0.4) is 0 Å². The summed E-state index contributed by atoms with van der Waals surface area (Å²) in [5.74, 6) is -0.458. The molecule has 0 aromatic rings. The van der Waals surface area contributed by atoms with Gasteiger partial charge in [-0.3, -0.25) is 4.79 Å². The van der Waals surface area contributed by atoms with Crippen LogP contribution in [0, 0.1) is 11.3 Å². The van der Waals surface area contributed by atoms with E-state index in [1.54, 1.807) is 0 Å². The van der Waals surface area contributed by atoms with Crippen LogP contribution >= 0.6 is 0 Å². The van der Waals surface area contributed by atoms with Gasteiger partial charge < -0.3 is 20.5 Å². The molecule has 0 unspecified atom stereocenters. The molecule has 0 aliphatic carbocycles. The standard InChI is InChI=1S/C12H24BNO4/c1-3-5-9-8-14-10(11(15)16)12(9,2)6-4-7-13(17)18/h9-10,14,17-18H,3-8H2,1-2H3,(H,15,16)/t9-,10+,12+/m0/s1. The van der Waals surface area contributed by atoms with E-state index in [1.165, 1.54) is 0 Å². The third-order valence-corrected chi connectivity index (χ3v) is 4.22. The van der Waals surface area contributed by atoms with E-state index in [0.717, 1.165) is 19.4 Å². The van der Waals surface area contributed by atoms with Crippen molar-refractivity contribution in [2.75, 3.05) is 6.54 Å². The Balaban J connectivity index is 2.69. The minimum Gasteiger partial charge on any atom is -0.480 e. The minimum absolute atomic E-state index is 0.295. The number of carboxylic acids is 1. The van der Waals surface area contributed by atoms with E-state index in [9.17, 15) is 9.90 Å². The fourth-order valence-corrected chi connectivity index (χ4v) is 3.13. The zero-order valence-corrected chi connectivity index (χ0v) is 11.2. The van der Waals surface area contributed by atoms with Gasteiger partial charge in [0.15, 0.2) is 0 Å². The Labute approximate surface area is 109 Å². The molecule has 0 aromatic heterocycles. The molecular weight excluding hydrogens is 233 g/mol. The van der Waals surface area contributed by atoms with E-state index in [1.807, 2.05) is 6.92 Å². The number of carbonyl (C=O) groups is 1. The number of hydrogen-bond donors (Lipinski definition) is 4. The lowest BCUT2D eigenvalue weighted by atomic mass is 9.68. The molecule has 0 spiro atoms. The Hall–Kier alpha value is -0.585. The summed E-state index contributed by atoms with van der Waals surface area (Å²) in [6.07, 6.45) is 3.70. The zero-order chi connectivity index (χ0) is 13.8. The maximum atomic E-state index is 11.3. The van der Waals surface area contributed by atoms with Crippen LogP contribution in [0.15, 0.2) is 0 Å². The maximum Gasteiger partial charge on any atom is 0.451 e. The van der Waals surface area contributed by atoms with Gasteiger partial charge >= 0.3 is 13.1 Å². The van der Waals surface area contributed by atoms with Crippen molar-refractivity contribution in [3.05, 3.63) is 0 Å². The summed E-state index contributed by atoms with van der Waals surface area (Å²) >= 11 is 0. The smallest absolute Gasteiger partial charge is 0.451 e. The van der Waals surface area contributed by atoms with Gasteiger partial charge in [0.1, 0.15) is 6.04 Å². The Morgan fingerprint density at radius 3 is 2.67 bits per heavy atom. The van der Waals surface area contributed by atoms with Crippen molar-refractivity contribution in [3.63, 3.8) is 0 Å². The van der Waals surface area contributed by atoms with Gasteiger partial charge in [-0.05, 0) is 37.0 Å². The predicted octanol–water partition coefficient (Wildman–Crippen LogP) is 0.718. The summed E-state index contributed by atoms with van der Waals surface area (Å²) in [6.45, 7) is 4.85. The lowest BCUT2D eigenvalue weighted by molar-refractivity contribution is -0.142. The molecule has 0 bridgehead atoms. The van der Waals surface area contributed by atoms with Gasteiger partial charge in [-0.15, -0.1) is 0 Å². The number of carboxylic acid groups (broad SMARTS) is 1. The molecule has 1 fully saturated rings. The van der Waals surface area contributed by atoms with Crippen molar-refractivity contribution in [1.29, 1.82) is 0 Å². The Bertz CT molecular complexity index is 287.